The number of aliphatic carboxylic acids is 1. The standard InChI is InChI=1S/C31H34N4O7/c1-3-41-31(40)42-34-16-17-35(21(2)20-34)30(39)25(14-15-28(36)37)33-29(38)27-19-24(22-10-6-4-7-11-22)18-26(32-27)23-12-8-5-9-13-23/h4-13,18-19,21,25H,3,14-17,20H2,1-2H3,(H,33,38)(H,36,37)/t21?,25-/m0/s1. The van der Waals surface area contributed by atoms with Crippen LogP contribution in [0.4, 0.5) is 4.79 Å². The highest BCUT2D eigenvalue weighted by molar-refractivity contribution is 5.98. The molecule has 42 heavy (non-hydrogen) atoms. The summed E-state index contributed by atoms with van der Waals surface area (Å²) in [7, 11) is 0. The van der Waals surface area contributed by atoms with Gasteiger partial charge in [0.2, 0.25) is 5.91 Å². The van der Waals surface area contributed by atoms with Gasteiger partial charge < -0.3 is 24.9 Å². The molecule has 1 aliphatic heterocycles. The average molecular weight is 575 g/mol. The number of rotatable bonds is 10. The molecule has 2 heterocycles. The van der Waals surface area contributed by atoms with E-state index in [1.165, 1.54) is 5.06 Å². The lowest BCUT2D eigenvalue weighted by atomic mass is 10.0. The fourth-order valence-corrected chi connectivity index (χ4v) is 4.74. The van der Waals surface area contributed by atoms with Crippen molar-refractivity contribution in [2.24, 2.45) is 0 Å². The van der Waals surface area contributed by atoms with E-state index < -0.39 is 30.0 Å². The van der Waals surface area contributed by atoms with Crippen molar-refractivity contribution in [3.05, 3.63) is 78.5 Å². The van der Waals surface area contributed by atoms with Crippen molar-refractivity contribution in [2.45, 2.75) is 38.8 Å². The van der Waals surface area contributed by atoms with E-state index in [1.807, 2.05) is 66.7 Å². The number of benzene rings is 2. The Balaban J connectivity index is 1.56. The van der Waals surface area contributed by atoms with Gasteiger partial charge >= 0.3 is 12.1 Å². The van der Waals surface area contributed by atoms with Crippen molar-refractivity contribution in [1.82, 2.24) is 20.3 Å². The SMILES string of the molecule is CCOC(=O)ON1CCN(C(=O)[C@H](CCC(=O)O)NC(=O)c2cc(-c3ccccc3)cc(-c3ccccc3)n2)C(C)C1. The summed E-state index contributed by atoms with van der Waals surface area (Å²) in [5, 5.41) is 13.5. The van der Waals surface area contributed by atoms with Crippen LogP contribution in [0.15, 0.2) is 72.8 Å². The summed E-state index contributed by atoms with van der Waals surface area (Å²) < 4.78 is 4.81. The second-order valence-corrected chi connectivity index (χ2v) is 9.86. The number of aromatic nitrogens is 1. The summed E-state index contributed by atoms with van der Waals surface area (Å²) in [5.74, 6) is -2.10. The zero-order valence-electron chi connectivity index (χ0n) is 23.6. The fraction of sp³-hybridized carbons (Fsp3) is 0.323. The topological polar surface area (TPSA) is 138 Å². The van der Waals surface area contributed by atoms with Crippen LogP contribution in [0.5, 0.6) is 0 Å². The van der Waals surface area contributed by atoms with Gasteiger partial charge in [-0.1, -0.05) is 60.7 Å². The predicted molar refractivity (Wildman–Crippen MR) is 154 cm³/mol. The summed E-state index contributed by atoms with van der Waals surface area (Å²) in [4.78, 5) is 61.7. The van der Waals surface area contributed by atoms with E-state index in [0.29, 0.717) is 5.69 Å². The highest BCUT2D eigenvalue weighted by atomic mass is 16.8. The van der Waals surface area contributed by atoms with Crippen LogP contribution in [-0.2, 0) is 19.2 Å². The predicted octanol–water partition coefficient (Wildman–Crippen LogP) is 4.00. The Morgan fingerprint density at radius 2 is 1.64 bits per heavy atom. The van der Waals surface area contributed by atoms with Crippen LogP contribution in [0.25, 0.3) is 22.4 Å². The van der Waals surface area contributed by atoms with Crippen molar-refractivity contribution in [1.29, 1.82) is 0 Å². The van der Waals surface area contributed by atoms with E-state index in [1.54, 1.807) is 24.8 Å². The maximum absolute atomic E-state index is 13.6. The molecular formula is C31H34N4O7. The molecule has 0 spiro atoms. The number of carbonyl (C=O) groups excluding carboxylic acids is 3. The minimum atomic E-state index is -1.10. The minimum Gasteiger partial charge on any atom is -0.481 e. The molecule has 0 radical (unpaired) electrons. The van der Waals surface area contributed by atoms with Gasteiger partial charge in [0, 0.05) is 24.6 Å². The van der Waals surface area contributed by atoms with E-state index >= 15 is 0 Å². The van der Waals surface area contributed by atoms with E-state index in [2.05, 4.69) is 10.3 Å². The Labute approximate surface area is 244 Å². The number of ether oxygens (including phenoxy) is 1. The van der Waals surface area contributed by atoms with Crippen molar-refractivity contribution < 1.29 is 33.9 Å². The third kappa shape index (κ3) is 7.91. The highest BCUT2D eigenvalue weighted by Crippen LogP contribution is 2.26. The number of nitrogens with one attached hydrogen (secondary N) is 1. The first-order chi connectivity index (χ1) is 20.2. The molecule has 1 aliphatic rings. The number of pyridine rings is 1. The van der Waals surface area contributed by atoms with Crippen LogP contribution in [0, 0.1) is 0 Å². The molecule has 2 N–H and O–H groups in total. The van der Waals surface area contributed by atoms with Crippen molar-refractivity contribution in [3.8, 4) is 22.4 Å². The van der Waals surface area contributed by atoms with Gasteiger partial charge in [-0.2, -0.15) is 0 Å². The number of hydrogen-bond acceptors (Lipinski definition) is 8. The van der Waals surface area contributed by atoms with Gasteiger partial charge in [0.1, 0.15) is 11.7 Å². The first-order valence-corrected chi connectivity index (χ1v) is 13.8. The Bertz CT molecular complexity index is 1340. The van der Waals surface area contributed by atoms with Gasteiger partial charge in [0.15, 0.2) is 0 Å². The average Bonchev–Trinajstić information content (AvgIpc) is 2.99. The summed E-state index contributed by atoms with van der Waals surface area (Å²) in [5.41, 5.74) is 3.17. The Hall–Kier alpha value is -4.77. The van der Waals surface area contributed by atoms with Crippen LogP contribution >= 0.6 is 0 Å². The Morgan fingerprint density at radius 1 is 0.976 bits per heavy atom. The maximum Gasteiger partial charge on any atom is 0.527 e. The Kier molecular flexibility index (Phi) is 10.2. The molecule has 1 fully saturated rings. The summed E-state index contributed by atoms with van der Waals surface area (Å²) in [6.07, 6.45) is -1.24. The zero-order valence-corrected chi connectivity index (χ0v) is 23.6. The molecule has 11 heteroatoms. The number of carboxylic acids is 1. The maximum atomic E-state index is 13.6. The lowest BCUT2D eigenvalue weighted by molar-refractivity contribution is -0.166. The quantitative estimate of drug-likeness (QED) is 0.344. The normalized spacial score (nSPS) is 15.9. The van der Waals surface area contributed by atoms with Gasteiger partial charge in [-0.15, -0.1) is 5.06 Å². The summed E-state index contributed by atoms with van der Waals surface area (Å²) in [6.45, 7) is 4.29. The fourth-order valence-electron chi connectivity index (χ4n) is 4.74. The van der Waals surface area contributed by atoms with Gasteiger partial charge in [-0.3, -0.25) is 14.4 Å². The minimum absolute atomic E-state index is 0.101. The molecule has 220 valence electrons. The molecule has 0 aliphatic carbocycles. The first kappa shape index (κ1) is 30.2. The third-order valence-corrected chi connectivity index (χ3v) is 6.82. The highest BCUT2D eigenvalue weighted by Gasteiger charge is 2.34. The smallest absolute Gasteiger partial charge is 0.481 e. The Morgan fingerprint density at radius 3 is 2.26 bits per heavy atom. The number of amides is 2. The van der Waals surface area contributed by atoms with Crippen molar-refractivity contribution >= 4 is 23.9 Å². The summed E-state index contributed by atoms with van der Waals surface area (Å²) >= 11 is 0. The number of piperazine rings is 1. The molecule has 2 atom stereocenters. The largest absolute Gasteiger partial charge is 0.527 e. The molecule has 1 unspecified atom stereocenters. The number of carboxylic acid groups (broad SMARTS) is 1. The van der Waals surface area contributed by atoms with Gasteiger partial charge in [0.05, 0.1) is 25.4 Å². The second-order valence-electron chi connectivity index (χ2n) is 9.86. The van der Waals surface area contributed by atoms with E-state index in [-0.39, 0.29) is 50.8 Å². The molecule has 4 rings (SSSR count). The molecule has 3 aromatic rings. The van der Waals surface area contributed by atoms with Crippen LogP contribution < -0.4 is 5.32 Å². The second kappa shape index (κ2) is 14.2. The number of carbonyl (C=O) groups is 4. The molecule has 1 saturated heterocycles. The molecule has 2 aromatic carbocycles. The van der Waals surface area contributed by atoms with Crippen LogP contribution in [0.1, 0.15) is 37.2 Å². The first-order valence-electron chi connectivity index (χ1n) is 13.8. The monoisotopic (exact) mass is 574 g/mol. The zero-order chi connectivity index (χ0) is 30.1. The number of nitrogens with zero attached hydrogens (tertiary/aromatic N) is 3. The van der Waals surface area contributed by atoms with E-state index in [4.69, 9.17) is 9.57 Å². The number of hydroxylamine groups is 2. The lowest BCUT2D eigenvalue weighted by Crippen LogP contribution is -2.59. The van der Waals surface area contributed by atoms with Crippen LogP contribution in [0.3, 0.4) is 0 Å². The van der Waals surface area contributed by atoms with Gasteiger partial charge in [0.25, 0.3) is 5.91 Å². The van der Waals surface area contributed by atoms with E-state index in [9.17, 15) is 24.3 Å². The van der Waals surface area contributed by atoms with Crippen LogP contribution in [0.2, 0.25) is 0 Å². The molecule has 2 amide bonds. The van der Waals surface area contributed by atoms with E-state index in [0.717, 1.165) is 16.7 Å². The molecule has 11 nitrogen and oxygen atoms in total. The number of hydrogen-bond donors (Lipinski definition) is 2. The van der Waals surface area contributed by atoms with Gasteiger partial charge in [-0.05, 0) is 43.5 Å². The molecular weight excluding hydrogens is 540 g/mol. The molecule has 0 bridgehead atoms. The van der Waals surface area contributed by atoms with Crippen molar-refractivity contribution in [3.63, 3.8) is 0 Å². The summed E-state index contributed by atoms with van der Waals surface area (Å²) in [6, 6.07) is 21.1. The van der Waals surface area contributed by atoms with Crippen LogP contribution in [-0.4, -0.2) is 82.3 Å². The van der Waals surface area contributed by atoms with Gasteiger partial charge in [-0.25, -0.2) is 9.78 Å². The molecule has 0 saturated carbocycles. The lowest BCUT2D eigenvalue weighted by Gasteiger charge is -2.39. The molecule has 1 aromatic heterocycles. The third-order valence-electron chi connectivity index (χ3n) is 6.82. The van der Waals surface area contributed by atoms with Crippen molar-refractivity contribution in [2.75, 3.05) is 26.2 Å².